The Morgan fingerprint density at radius 2 is 1.62 bits per heavy atom. The zero-order valence-electron chi connectivity index (χ0n) is 13.7. The normalized spacial score (nSPS) is 12.5. The van der Waals surface area contributed by atoms with Crippen LogP contribution in [0, 0.1) is 0 Å². The predicted molar refractivity (Wildman–Crippen MR) is 99.4 cm³/mol. The van der Waals surface area contributed by atoms with Gasteiger partial charge in [-0.05, 0) is 41.5 Å². The molecule has 0 aliphatic carbocycles. The van der Waals surface area contributed by atoms with Crippen molar-refractivity contribution in [2.45, 2.75) is 0 Å². The van der Waals surface area contributed by atoms with Crippen LogP contribution in [0.5, 0.6) is 11.5 Å². The molecular formula is C21H14N2O3. The van der Waals surface area contributed by atoms with Crippen molar-refractivity contribution in [1.29, 1.82) is 0 Å². The van der Waals surface area contributed by atoms with Gasteiger partial charge in [0.1, 0.15) is 5.82 Å². The Bertz CT molecular complexity index is 1180. The van der Waals surface area contributed by atoms with Gasteiger partial charge in [-0.15, -0.1) is 0 Å². The van der Waals surface area contributed by atoms with Crippen molar-refractivity contribution in [3.63, 3.8) is 0 Å². The molecule has 5 heteroatoms. The Hall–Kier alpha value is -3.60. The van der Waals surface area contributed by atoms with Gasteiger partial charge in [-0.1, -0.05) is 36.4 Å². The topological polar surface area (TPSA) is 64.2 Å². The van der Waals surface area contributed by atoms with Crippen molar-refractivity contribution in [2.75, 3.05) is 6.79 Å². The van der Waals surface area contributed by atoms with Crippen LogP contribution >= 0.6 is 0 Å². The molecule has 1 aliphatic rings. The number of benzene rings is 3. The van der Waals surface area contributed by atoms with E-state index < -0.39 is 0 Å². The van der Waals surface area contributed by atoms with Crippen LogP contribution in [0.4, 0.5) is 0 Å². The SMILES string of the molecule is O=c1[nH]c(-c2ccc3c(c2)OCO3)nc2ccc(-c3ccccc3)cc12. The summed E-state index contributed by atoms with van der Waals surface area (Å²) in [5.41, 5.74) is 3.32. The number of aromatic nitrogens is 2. The molecule has 0 saturated carbocycles. The first-order valence-corrected chi connectivity index (χ1v) is 8.27. The summed E-state index contributed by atoms with van der Waals surface area (Å²) >= 11 is 0. The summed E-state index contributed by atoms with van der Waals surface area (Å²) in [4.78, 5) is 20.1. The summed E-state index contributed by atoms with van der Waals surface area (Å²) < 4.78 is 10.7. The average molecular weight is 342 g/mol. The van der Waals surface area contributed by atoms with Crippen molar-refractivity contribution in [2.24, 2.45) is 0 Å². The molecule has 3 aromatic carbocycles. The molecule has 4 aromatic rings. The Kier molecular flexibility index (Phi) is 3.25. The molecule has 5 nitrogen and oxygen atoms in total. The van der Waals surface area contributed by atoms with Gasteiger partial charge in [0.25, 0.3) is 5.56 Å². The van der Waals surface area contributed by atoms with Crippen molar-refractivity contribution < 1.29 is 9.47 Å². The first-order chi connectivity index (χ1) is 12.8. The van der Waals surface area contributed by atoms with Crippen molar-refractivity contribution in [1.82, 2.24) is 9.97 Å². The third-order valence-corrected chi connectivity index (χ3v) is 4.46. The van der Waals surface area contributed by atoms with Crippen molar-refractivity contribution in [3.8, 4) is 34.0 Å². The van der Waals surface area contributed by atoms with Gasteiger partial charge in [-0.25, -0.2) is 4.98 Å². The highest BCUT2D eigenvalue weighted by Gasteiger charge is 2.15. The number of hydrogen-bond donors (Lipinski definition) is 1. The maximum absolute atomic E-state index is 12.6. The summed E-state index contributed by atoms with van der Waals surface area (Å²) in [6.45, 7) is 0.211. The average Bonchev–Trinajstić information content (AvgIpc) is 3.16. The number of nitrogens with zero attached hydrogens (tertiary/aromatic N) is 1. The minimum Gasteiger partial charge on any atom is -0.454 e. The fourth-order valence-corrected chi connectivity index (χ4v) is 3.13. The largest absolute Gasteiger partial charge is 0.454 e. The summed E-state index contributed by atoms with van der Waals surface area (Å²) in [5, 5.41) is 0.566. The van der Waals surface area contributed by atoms with Crippen LogP contribution in [-0.2, 0) is 0 Å². The van der Waals surface area contributed by atoms with Crippen LogP contribution in [-0.4, -0.2) is 16.8 Å². The lowest BCUT2D eigenvalue weighted by Crippen LogP contribution is -2.09. The Morgan fingerprint density at radius 3 is 2.50 bits per heavy atom. The number of hydrogen-bond acceptors (Lipinski definition) is 4. The third-order valence-electron chi connectivity index (χ3n) is 4.46. The Labute approximate surface area is 148 Å². The summed E-state index contributed by atoms with van der Waals surface area (Å²) in [6, 6.07) is 21.2. The van der Waals surface area contributed by atoms with Gasteiger partial charge in [0.15, 0.2) is 11.5 Å². The monoisotopic (exact) mass is 342 g/mol. The zero-order valence-corrected chi connectivity index (χ0v) is 13.7. The second-order valence-electron chi connectivity index (χ2n) is 6.08. The third kappa shape index (κ3) is 2.41. The van der Waals surface area contributed by atoms with Gasteiger partial charge in [0, 0.05) is 5.56 Å². The van der Waals surface area contributed by atoms with Gasteiger partial charge < -0.3 is 14.5 Å². The second-order valence-corrected chi connectivity index (χ2v) is 6.08. The molecule has 1 N–H and O–H groups in total. The van der Waals surface area contributed by atoms with E-state index in [1.807, 2.05) is 66.7 Å². The predicted octanol–water partition coefficient (Wildman–Crippen LogP) is 3.99. The molecule has 26 heavy (non-hydrogen) atoms. The standard InChI is InChI=1S/C21H14N2O3/c24-21-16-10-14(13-4-2-1-3-5-13)6-8-17(16)22-20(23-21)15-7-9-18-19(11-15)26-12-25-18/h1-11H,12H2,(H,22,23,24). The van der Waals surface area contributed by atoms with Crippen LogP contribution in [0.25, 0.3) is 33.4 Å². The van der Waals surface area contributed by atoms with Gasteiger partial charge in [0.2, 0.25) is 6.79 Å². The summed E-state index contributed by atoms with van der Waals surface area (Å²) in [5.74, 6) is 1.86. The molecule has 0 atom stereocenters. The summed E-state index contributed by atoms with van der Waals surface area (Å²) in [6.07, 6.45) is 0. The molecule has 126 valence electrons. The fraction of sp³-hybridized carbons (Fsp3) is 0.0476. The number of ether oxygens (including phenoxy) is 2. The van der Waals surface area contributed by atoms with Crippen molar-refractivity contribution in [3.05, 3.63) is 77.1 Å². The van der Waals surface area contributed by atoms with E-state index in [0.717, 1.165) is 16.7 Å². The molecule has 0 fully saturated rings. The zero-order chi connectivity index (χ0) is 17.5. The maximum atomic E-state index is 12.6. The van der Waals surface area contributed by atoms with Crippen molar-refractivity contribution >= 4 is 10.9 Å². The first kappa shape index (κ1) is 14.7. The van der Waals surface area contributed by atoms with Gasteiger partial charge in [-0.3, -0.25) is 4.79 Å². The minimum atomic E-state index is -0.166. The molecule has 5 rings (SSSR count). The maximum Gasteiger partial charge on any atom is 0.259 e. The highest BCUT2D eigenvalue weighted by molar-refractivity contribution is 5.85. The lowest BCUT2D eigenvalue weighted by molar-refractivity contribution is 0.174. The molecule has 0 unspecified atom stereocenters. The molecular weight excluding hydrogens is 328 g/mol. The second kappa shape index (κ2) is 5.74. The molecule has 0 spiro atoms. The summed E-state index contributed by atoms with van der Waals surface area (Å²) in [7, 11) is 0. The molecule has 0 amide bonds. The lowest BCUT2D eigenvalue weighted by atomic mass is 10.0. The van der Waals surface area contributed by atoms with Crippen LogP contribution in [0.3, 0.4) is 0 Å². The van der Waals surface area contributed by atoms with Crippen LogP contribution in [0.15, 0.2) is 71.5 Å². The van der Waals surface area contributed by atoms with E-state index in [9.17, 15) is 4.79 Å². The molecule has 1 aliphatic heterocycles. The highest BCUT2D eigenvalue weighted by atomic mass is 16.7. The number of fused-ring (bicyclic) bond motifs is 2. The van der Waals surface area contributed by atoms with E-state index in [1.54, 1.807) is 0 Å². The molecule has 0 saturated heterocycles. The smallest absolute Gasteiger partial charge is 0.259 e. The van der Waals surface area contributed by atoms with E-state index in [1.165, 1.54) is 0 Å². The molecule has 2 heterocycles. The highest BCUT2D eigenvalue weighted by Crippen LogP contribution is 2.35. The Morgan fingerprint density at radius 1 is 0.808 bits per heavy atom. The van der Waals surface area contributed by atoms with Gasteiger partial charge >= 0.3 is 0 Å². The number of nitrogens with one attached hydrogen (secondary N) is 1. The van der Waals surface area contributed by atoms with E-state index in [0.29, 0.717) is 28.2 Å². The molecule has 0 radical (unpaired) electrons. The Balaban J connectivity index is 1.63. The van der Waals surface area contributed by atoms with E-state index in [4.69, 9.17) is 9.47 Å². The minimum absolute atomic E-state index is 0.166. The fourth-order valence-electron chi connectivity index (χ4n) is 3.13. The molecule has 0 bridgehead atoms. The van der Waals surface area contributed by atoms with E-state index >= 15 is 0 Å². The van der Waals surface area contributed by atoms with Crippen LogP contribution < -0.4 is 15.0 Å². The number of aromatic amines is 1. The van der Waals surface area contributed by atoms with E-state index in [-0.39, 0.29) is 12.4 Å². The number of H-pyrrole nitrogens is 1. The first-order valence-electron chi connectivity index (χ1n) is 8.27. The van der Waals surface area contributed by atoms with Crippen LogP contribution in [0.1, 0.15) is 0 Å². The van der Waals surface area contributed by atoms with Gasteiger partial charge in [-0.2, -0.15) is 0 Å². The van der Waals surface area contributed by atoms with Crippen LogP contribution in [0.2, 0.25) is 0 Å². The van der Waals surface area contributed by atoms with Gasteiger partial charge in [0.05, 0.1) is 10.9 Å². The lowest BCUT2D eigenvalue weighted by Gasteiger charge is -2.06. The quantitative estimate of drug-likeness (QED) is 0.598. The van der Waals surface area contributed by atoms with E-state index in [2.05, 4.69) is 9.97 Å². The number of rotatable bonds is 2. The molecule has 1 aromatic heterocycles.